The topological polar surface area (TPSA) is 44.8 Å². The molecule has 3 unspecified atom stereocenters. The quantitative estimate of drug-likeness (QED) is 0.721. The predicted octanol–water partition coefficient (Wildman–Crippen LogP) is 2.63. The molecular weight excluding hydrogens is 244 g/mol. The van der Waals surface area contributed by atoms with Gasteiger partial charge in [-0.05, 0) is 30.6 Å². The van der Waals surface area contributed by atoms with Gasteiger partial charge in [0.15, 0.2) is 0 Å². The monoisotopic (exact) mass is 266 g/mol. The number of ether oxygens (including phenoxy) is 3. The smallest absolute Gasteiger partial charge is 0.377 e. The Morgan fingerprint density at radius 2 is 2.16 bits per heavy atom. The van der Waals surface area contributed by atoms with Crippen LogP contribution in [0.1, 0.15) is 40.0 Å². The molecule has 0 aromatic rings. The molecule has 2 saturated carbocycles. The summed E-state index contributed by atoms with van der Waals surface area (Å²) in [5, 5.41) is 0. The van der Waals surface area contributed by atoms with Gasteiger partial charge in [0.25, 0.3) is 0 Å². The molecule has 2 bridgehead atoms. The molecular formula is C15H22O4. The SMILES string of the molecule is CC1(C)C2CCC1(C)C(OC(=O)C1=COCCO1)C2. The molecule has 3 rings (SSSR count). The average Bonchev–Trinajstić information content (AvgIpc) is 2.73. The van der Waals surface area contributed by atoms with Crippen LogP contribution in [0.3, 0.4) is 0 Å². The van der Waals surface area contributed by atoms with Gasteiger partial charge in [-0.15, -0.1) is 0 Å². The van der Waals surface area contributed by atoms with E-state index in [-0.39, 0.29) is 28.7 Å². The van der Waals surface area contributed by atoms with Crippen molar-refractivity contribution in [1.29, 1.82) is 0 Å². The Hall–Kier alpha value is -1.19. The minimum absolute atomic E-state index is 0.000163. The van der Waals surface area contributed by atoms with Crippen molar-refractivity contribution in [2.24, 2.45) is 16.7 Å². The van der Waals surface area contributed by atoms with Crippen molar-refractivity contribution < 1.29 is 19.0 Å². The van der Waals surface area contributed by atoms with E-state index in [1.54, 1.807) is 0 Å². The molecule has 1 aliphatic heterocycles. The van der Waals surface area contributed by atoms with Crippen molar-refractivity contribution >= 4 is 5.97 Å². The van der Waals surface area contributed by atoms with Gasteiger partial charge in [-0.2, -0.15) is 0 Å². The van der Waals surface area contributed by atoms with Crippen LogP contribution in [0.25, 0.3) is 0 Å². The Balaban J connectivity index is 1.72. The summed E-state index contributed by atoms with van der Waals surface area (Å²) in [5.74, 6) is 0.484. The normalized spacial score (nSPS) is 39.2. The van der Waals surface area contributed by atoms with Crippen LogP contribution in [0, 0.1) is 16.7 Å². The van der Waals surface area contributed by atoms with Crippen LogP contribution in [0.15, 0.2) is 12.0 Å². The summed E-state index contributed by atoms with van der Waals surface area (Å²) in [6, 6.07) is 0. The van der Waals surface area contributed by atoms with E-state index in [9.17, 15) is 4.79 Å². The van der Waals surface area contributed by atoms with Gasteiger partial charge >= 0.3 is 5.97 Å². The highest BCUT2D eigenvalue weighted by molar-refractivity contribution is 5.86. The lowest BCUT2D eigenvalue weighted by atomic mass is 9.70. The highest BCUT2D eigenvalue weighted by Gasteiger charge is 2.63. The molecule has 0 saturated heterocycles. The molecule has 19 heavy (non-hydrogen) atoms. The molecule has 0 amide bonds. The summed E-state index contributed by atoms with van der Waals surface area (Å²) >= 11 is 0. The minimum Gasteiger partial charge on any atom is -0.493 e. The van der Waals surface area contributed by atoms with Gasteiger partial charge in [-0.1, -0.05) is 20.8 Å². The van der Waals surface area contributed by atoms with Crippen LogP contribution >= 0.6 is 0 Å². The van der Waals surface area contributed by atoms with Crippen molar-refractivity contribution in [3.05, 3.63) is 12.0 Å². The summed E-state index contributed by atoms with van der Waals surface area (Å²) in [6.07, 6.45) is 4.73. The van der Waals surface area contributed by atoms with Crippen molar-refractivity contribution in [3.63, 3.8) is 0 Å². The van der Waals surface area contributed by atoms with Crippen LogP contribution in [-0.4, -0.2) is 25.3 Å². The van der Waals surface area contributed by atoms with E-state index in [2.05, 4.69) is 20.8 Å². The molecule has 0 aromatic carbocycles. The van der Waals surface area contributed by atoms with E-state index < -0.39 is 0 Å². The molecule has 106 valence electrons. The van der Waals surface area contributed by atoms with E-state index in [0.29, 0.717) is 19.1 Å². The zero-order valence-corrected chi connectivity index (χ0v) is 11.9. The molecule has 1 heterocycles. The van der Waals surface area contributed by atoms with Crippen molar-refractivity contribution in [1.82, 2.24) is 0 Å². The van der Waals surface area contributed by atoms with E-state index in [4.69, 9.17) is 14.2 Å². The standard InChI is InChI=1S/C15H22O4/c1-14(2)10-4-5-15(14,3)12(8-10)19-13(16)11-9-17-6-7-18-11/h9-10,12H,4-8H2,1-3H3. The third kappa shape index (κ3) is 1.76. The number of hydrogen-bond donors (Lipinski definition) is 0. The maximum Gasteiger partial charge on any atom is 0.377 e. The Labute approximate surface area is 114 Å². The summed E-state index contributed by atoms with van der Waals surface area (Å²) in [7, 11) is 0. The van der Waals surface area contributed by atoms with E-state index in [1.807, 2.05) is 0 Å². The first-order valence-electron chi connectivity index (χ1n) is 7.11. The Morgan fingerprint density at radius 1 is 1.37 bits per heavy atom. The number of fused-ring (bicyclic) bond motifs is 2. The highest BCUT2D eigenvalue weighted by Crippen LogP contribution is 2.66. The van der Waals surface area contributed by atoms with Gasteiger partial charge in [0.05, 0.1) is 0 Å². The molecule has 0 spiro atoms. The number of carbonyl (C=O) groups excluding carboxylic acids is 1. The molecule has 3 atom stereocenters. The fraction of sp³-hybridized carbons (Fsp3) is 0.800. The molecule has 4 nitrogen and oxygen atoms in total. The van der Waals surface area contributed by atoms with Crippen molar-refractivity contribution in [2.45, 2.75) is 46.1 Å². The molecule has 3 aliphatic rings. The summed E-state index contributed by atoms with van der Waals surface area (Å²) < 4.78 is 16.1. The second-order valence-corrected chi connectivity index (χ2v) is 6.71. The van der Waals surface area contributed by atoms with Crippen LogP contribution in [0.4, 0.5) is 0 Å². The zero-order chi connectivity index (χ0) is 13.7. The maximum absolute atomic E-state index is 12.1. The lowest BCUT2D eigenvalue weighted by Crippen LogP contribution is -2.38. The van der Waals surface area contributed by atoms with Crippen molar-refractivity contribution in [3.8, 4) is 0 Å². The van der Waals surface area contributed by atoms with E-state index in [0.717, 1.165) is 12.8 Å². The number of hydrogen-bond acceptors (Lipinski definition) is 4. The number of rotatable bonds is 2. The number of carbonyl (C=O) groups is 1. The van der Waals surface area contributed by atoms with Gasteiger partial charge < -0.3 is 14.2 Å². The third-order valence-corrected chi connectivity index (χ3v) is 5.81. The fourth-order valence-electron chi connectivity index (χ4n) is 3.97. The molecule has 0 aromatic heterocycles. The summed E-state index contributed by atoms with van der Waals surface area (Å²) in [4.78, 5) is 12.1. The van der Waals surface area contributed by atoms with Crippen LogP contribution < -0.4 is 0 Å². The summed E-state index contributed by atoms with van der Waals surface area (Å²) in [5.41, 5.74) is 0.333. The molecule has 2 fully saturated rings. The first-order valence-corrected chi connectivity index (χ1v) is 7.11. The summed E-state index contributed by atoms with van der Waals surface area (Å²) in [6.45, 7) is 7.77. The third-order valence-electron chi connectivity index (χ3n) is 5.81. The first-order chi connectivity index (χ1) is 8.95. The largest absolute Gasteiger partial charge is 0.493 e. The van der Waals surface area contributed by atoms with Gasteiger partial charge in [-0.3, -0.25) is 0 Å². The van der Waals surface area contributed by atoms with Gasteiger partial charge in [0, 0.05) is 5.41 Å². The maximum atomic E-state index is 12.1. The minimum atomic E-state index is -0.380. The second kappa shape index (κ2) is 4.15. The van der Waals surface area contributed by atoms with E-state index in [1.165, 1.54) is 12.7 Å². The van der Waals surface area contributed by atoms with Crippen LogP contribution in [0.2, 0.25) is 0 Å². The van der Waals surface area contributed by atoms with Gasteiger partial charge in [-0.25, -0.2) is 4.79 Å². The van der Waals surface area contributed by atoms with Gasteiger partial charge in [0.2, 0.25) is 5.76 Å². The zero-order valence-electron chi connectivity index (χ0n) is 11.9. The Morgan fingerprint density at radius 3 is 2.68 bits per heavy atom. The lowest BCUT2D eigenvalue weighted by molar-refractivity contribution is -0.157. The molecule has 2 aliphatic carbocycles. The highest BCUT2D eigenvalue weighted by atomic mass is 16.6. The van der Waals surface area contributed by atoms with Crippen LogP contribution in [0.5, 0.6) is 0 Å². The van der Waals surface area contributed by atoms with Crippen LogP contribution in [-0.2, 0) is 19.0 Å². The van der Waals surface area contributed by atoms with Crippen molar-refractivity contribution in [2.75, 3.05) is 13.2 Å². The average molecular weight is 266 g/mol. The Kier molecular flexibility index (Phi) is 2.80. The molecule has 4 heteroatoms. The molecule has 0 N–H and O–H groups in total. The first kappa shape index (κ1) is 12.8. The lowest BCUT2D eigenvalue weighted by Gasteiger charge is -2.38. The number of esters is 1. The molecule has 0 radical (unpaired) electrons. The van der Waals surface area contributed by atoms with E-state index >= 15 is 0 Å². The predicted molar refractivity (Wildman–Crippen MR) is 69.1 cm³/mol. The van der Waals surface area contributed by atoms with Gasteiger partial charge in [0.1, 0.15) is 25.6 Å². The Bertz CT molecular complexity index is 426. The fourth-order valence-corrected chi connectivity index (χ4v) is 3.97. The second-order valence-electron chi connectivity index (χ2n) is 6.71.